The zero-order valence-corrected chi connectivity index (χ0v) is 14.8. The van der Waals surface area contributed by atoms with Gasteiger partial charge in [0.15, 0.2) is 5.58 Å². The minimum Gasteiger partial charge on any atom is -0.437 e. The molecular weight excluding hydrogens is 369 g/mol. The first-order chi connectivity index (χ1) is 13.4. The number of carbonyl (C=O) groups excluding carboxylic acids is 1. The lowest BCUT2D eigenvalue weighted by atomic mass is 10.1. The molecule has 1 aliphatic rings. The Balaban J connectivity index is 1.47. The van der Waals surface area contributed by atoms with Crippen LogP contribution in [0.15, 0.2) is 59.0 Å². The summed E-state index contributed by atoms with van der Waals surface area (Å²) in [5.41, 5.74) is 1.30. The molecule has 0 spiro atoms. The highest BCUT2D eigenvalue weighted by atomic mass is 19.4. The van der Waals surface area contributed by atoms with Crippen LogP contribution in [0.2, 0.25) is 0 Å². The van der Waals surface area contributed by atoms with Crippen LogP contribution in [0.5, 0.6) is 0 Å². The fraction of sp³-hybridized carbons (Fsp3) is 0.238. The molecule has 144 valence electrons. The number of nitrogens with zero attached hydrogens (tertiary/aromatic N) is 2. The zero-order chi connectivity index (χ0) is 19.7. The van der Waals surface area contributed by atoms with Crippen LogP contribution in [0, 0.1) is 0 Å². The van der Waals surface area contributed by atoms with Crippen LogP contribution < -0.4 is 0 Å². The summed E-state index contributed by atoms with van der Waals surface area (Å²) in [4.78, 5) is 18.6. The van der Waals surface area contributed by atoms with Crippen molar-refractivity contribution >= 4 is 23.1 Å². The number of alkyl halides is 3. The largest absolute Gasteiger partial charge is 0.437 e. The van der Waals surface area contributed by atoms with Gasteiger partial charge in [-0.15, -0.1) is 0 Å². The molecule has 0 aliphatic heterocycles. The van der Waals surface area contributed by atoms with E-state index >= 15 is 0 Å². The summed E-state index contributed by atoms with van der Waals surface area (Å²) >= 11 is 0. The molecular formula is C21H17F3N2O2. The number of carbonyl (C=O) groups is 1. The van der Waals surface area contributed by atoms with Crippen LogP contribution in [0.3, 0.4) is 0 Å². The van der Waals surface area contributed by atoms with Gasteiger partial charge in [0, 0.05) is 24.7 Å². The summed E-state index contributed by atoms with van der Waals surface area (Å²) < 4.78 is 43.7. The van der Waals surface area contributed by atoms with Gasteiger partial charge in [-0.1, -0.05) is 24.3 Å². The highest BCUT2D eigenvalue weighted by molar-refractivity contribution is 5.92. The predicted octanol–water partition coefficient (Wildman–Crippen LogP) is 5.05. The lowest BCUT2D eigenvalue weighted by Crippen LogP contribution is -2.31. The average molecular weight is 386 g/mol. The first kappa shape index (κ1) is 18.3. The number of para-hydroxylation sites is 2. The van der Waals surface area contributed by atoms with Crippen LogP contribution in [0.25, 0.3) is 17.2 Å². The van der Waals surface area contributed by atoms with Gasteiger partial charge in [-0.3, -0.25) is 4.79 Å². The molecule has 7 heteroatoms. The standard InChI is InChI=1S/C21H17F3N2O2/c22-21(23,24)15-7-5-14(6-8-15)13-26(16-9-10-16)20(27)12-11-19-25-17-3-1-2-4-18(17)28-19/h1-8,11-12,16H,9-10,13H2/b12-11+. The highest BCUT2D eigenvalue weighted by Crippen LogP contribution is 2.31. The minimum absolute atomic E-state index is 0.114. The van der Waals surface area contributed by atoms with Gasteiger partial charge in [0.1, 0.15) is 5.52 Å². The van der Waals surface area contributed by atoms with Gasteiger partial charge >= 0.3 is 6.18 Å². The second-order valence-electron chi connectivity index (χ2n) is 6.75. The predicted molar refractivity (Wildman–Crippen MR) is 98.1 cm³/mol. The van der Waals surface area contributed by atoms with Gasteiger partial charge in [-0.05, 0) is 42.7 Å². The third-order valence-corrected chi connectivity index (χ3v) is 4.58. The number of halogens is 3. The second-order valence-corrected chi connectivity index (χ2v) is 6.75. The van der Waals surface area contributed by atoms with Crippen molar-refractivity contribution in [2.75, 3.05) is 0 Å². The Morgan fingerprint density at radius 2 is 1.86 bits per heavy atom. The molecule has 0 N–H and O–H groups in total. The lowest BCUT2D eigenvalue weighted by Gasteiger charge is -2.21. The van der Waals surface area contributed by atoms with Crippen molar-refractivity contribution < 1.29 is 22.4 Å². The molecule has 1 fully saturated rings. The number of hydrogen-bond acceptors (Lipinski definition) is 3. The molecule has 1 aromatic heterocycles. The van der Waals surface area contributed by atoms with E-state index in [1.807, 2.05) is 18.2 Å². The number of benzene rings is 2. The van der Waals surface area contributed by atoms with Crippen LogP contribution in [-0.4, -0.2) is 21.8 Å². The molecule has 1 aliphatic carbocycles. The maximum Gasteiger partial charge on any atom is 0.416 e. The molecule has 1 amide bonds. The van der Waals surface area contributed by atoms with Gasteiger partial charge in [-0.25, -0.2) is 4.98 Å². The molecule has 0 unspecified atom stereocenters. The van der Waals surface area contributed by atoms with E-state index in [9.17, 15) is 18.0 Å². The van der Waals surface area contributed by atoms with Crippen LogP contribution in [0.1, 0.15) is 29.9 Å². The molecule has 0 saturated heterocycles. The molecule has 0 atom stereocenters. The molecule has 1 saturated carbocycles. The smallest absolute Gasteiger partial charge is 0.416 e. The molecule has 4 nitrogen and oxygen atoms in total. The molecule has 28 heavy (non-hydrogen) atoms. The molecule has 4 rings (SSSR count). The van der Waals surface area contributed by atoms with E-state index in [1.165, 1.54) is 24.3 Å². The summed E-state index contributed by atoms with van der Waals surface area (Å²) in [6.45, 7) is 0.263. The molecule has 0 bridgehead atoms. The lowest BCUT2D eigenvalue weighted by molar-refractivity contribution is -0.137. The van der Waals surface area contributed by atoms with Crippen molar-refractivity contribution in [2.45, 2.75) is 31.6 Å². The SMILES string of the molecule is O=C(/C=C/c1nc2ccccc2o1)N(Cc1ccc(C(F)(F)F)cc1)C1CC1. The van der Waals surface area contributed by atoms with Crippen molar-refractivity contribution in [1.82, 2.24) is 9.88 Å². The van der Waals surface area contributed by atoms with Gasteiger partial charge in [0.2, 0.25) is 11.8 Å². The topological polar surface area (TPSA) is 46.3 Å². The number of aromatic nitrogens is 1. The first-order valence-corrected chi connectivity index (χ1v) is 8.90. The fourth-order valence-corrected chi connectivity index (χ4v) is 2.97. The minimum atomic E-state index is -4.37. The first-order valence-electron chi connectivity index (χ1n) is 8.90. The Morgan fingerprint density at radius 3 is 2.50 bits per heavy atom. The number of hydrogen-bond donors (Lipinski definition) is 0. The highest BCUT2D eigenvalue weighted by Gasteiger charge is 2.32. The molecule has 3 aromatic rings. The fourth-order valence-electron chi connectivity index (χ4n) is 2.97. The molecule has 0 radical (unpaired) electrons. The number of fused-ring (bicyclic) bond motifs is 1. The van der Waals surface area contributed by atoms with Gasteiger partial charge < -0.3 is 9.32 Å². The van der Waals surface area contributed by atoms with Gasteiger partial charge in [0.05, 0.1) is 5.56 Å². The maximum atomic E-state index is 12.7. The Hall–Kier alpha value is -3.09. The van der Waals surface area contributed by atoms with E-state index in [-0.39, 0.29) is 18.5 Å². The summed E-state index contributed by atoms with van der Waals surface area (Å²) in [5.74, 6) is 0.115. The Morgan fingerprint density at radius 1 is 1.14 bits per heavy atom. The summed E-state index contributed by atoms with van der Waals surface area (Å²) in [5, 5.41) is 0. The zero-order valence-electron chi connectivity index (χ0n) is 14.8. The summed E-state index contributed by atoms with van der Waals surface area (Å²) in [7, 11) is 0. The van der Waals surface area contributed by atoms with Crippen LogP contribution in [-0.2, 0) is 17.5 Å². The average Bonchev–Trinajstić information content (AvgIpc) is 3.42. The Labute approximate surface area is 159 Å². The van der Waals surface area contributed by atoms with Crippen LogP contribution >= 0.6 is 0 Å². The number of rotatable bonds is 5. The van der Waals surface area contributed by atoms with E-state index in [0.717, 1.165) is 25.0 Å². The number of oxazole rings is 1. The monoisotopic (exact) mass is 386 g/mol. The van der Waals surface area contributed by atoms with Crippen molar-refractivity contribution in [2.24, 2.45) is 0 Å². The third-order valence-electron chi connectivity index (χ3n) is 4.58. The molecule has 2 aromatic carbocycles. The third kappa shape index (κ3) is 4.08. The van der Waals surface area contributed by atoms with E-state index < -0.39 is 11.7 Å². The maximum absolute atomic E-state index is 12.7. The van der Waals surface area contributed by atoms with Crippen molar-refractivity contribution in [3.8, 4) is 0 Å². The van der Waals surface area contributed by atoms with E-state index in [2.05, 4.69) is 4.98 Å². The quantitative estimate of drug-likeness (QED) is 0.577. The van der Waals surface area contributed by atoms with E-state index in [4.69, 9.17) is 4.42 Å². The summed E-state index contributed by atoms with van der Waals surface area (Å²) in [6.07, 6.45) is 0.330. The Kier molecular flexibility index (Phi) is 4.66. The normalized spacial score (nSPS) is 14.7. The van der Waals surface area contributed by atoms with E-state index in [1.54, 1.807) is 11.0 Å². The number of amides is 1. The van der Waals surface area contributed by atoms with Crippen molar-refractivity contribution in [3.05, 3.63) is 71.6 Å². The Bertz CT molecular complexity index is 985. The van der Waals surface area contributed by atoms with E-state index in [0.29, 0.717) is 22.6 Å². The van der Waals surface area contributed by atoms with Crippen LogP contribution in [0.4, 0.5) is 13.2 Å². The van der Waals surface area contributed by atoms with Gasteiger partial charge in [-0.2, -0.15) is 13.2 Å². The van der Waals surface area contributed by atoms with Crippen molar-refractivity contribution in [1.29, 1.82) is 0 Å². The van der Waals surface area contributed by atoms with Crippen molar-refractivity contribution in [3.63, 3.8) is 0 Å². The van der Waals surface area contributed by atoms with Gasteiger partial charge in [0.25, 0.3) is 0 Å². The second kappa shape index (κ2) is 7.14. The summed E-state index contributed by atoms with van der Waals surface area (Å²) in [6, 6.07) is 12.3. The molecule has 1 heterocycles.